The predicted octanol–water partition coefficient (Wildman–Crippen LogP) is 3.51. The van der Waals surface area contributed by atoms with Crippen molar-refractivity contribution in [1.29, 1.82) is 0 Å². The van der Waals surface area contributed by atoms with Gasteiger partial charge in [0.1, 0.15) is 5.75 Å². The molecule has 0 saturated heterocycles. The Kier molecular flexibility index (Phi) is 7.61. The molecule has 6 heteroatoms. The number of phenolic OH excluding ortho intramolecular Hbond substituents is 1. The van der Waals surface area contributed by atoms with Gasteiger partial charge in [0, 0.05) is 18.4 Å². The Morgan fingerprint density at radius 1 is 1.08 bits per heavy atom. The number of fused-ring (bicyclic) bond motifs is 1. The van der Waals surface area contributed by atoms with E-state index < -0.39 is 0 Å². The third-order valence-electron chi connectivity index (χ3n) is 4.09. The van der Waals surface area contributed by atoms with Crippen LogP contribution in [-0.4, -0.2) is 30.3 Å². The third-order valence-corrected chi connectivity index (χ3v) is 4.09. The second-order valence-corrected chi connectivity index (χ2v) is 6.00. The van der Waals surface area contributed by atoms with E-state index in [0.29, 0.717) is 18.4 Å². The number of methoxy groups -OCH3 is 1. The number of phenols is 1. The molecular formula is C20H24N2O4. The van der Waals surface area contributed by atoms with Gasteiger partial charge in [0.25, 0.3) is 0 Å². The van der Waals surface area contributed by atoms with Crippen LogP contribution in [0.15, 0.2) is 41.5 Å². The molecule has 2 aromatic rings. The van der Waals surface area contributed by atoms with Crippen molar-refractivity contribution in [2.45, 2.75) is 38.5 Å². The Balaban J connectivity index is 1.76. The van der Waals surface area contributed by atoms with Gasteiger partial charge in [0.2, 0.25) is 5.91 Å². The van der Waals surface area contributed by atoms with Crippen LogP contribution >= 0.6 is 0 Å². The fraction of sp³-hybridized carbons (Fsp3) is 0.350. The van der Waals surface area contributed by atoms with E-state index in [1.165, 1.54) is 13.3 Å². The van der Waals surface area contributed by atoms with E-state index in [-0.39, 0.29) is 17.6 Å². The van der Waals surface area contributed by atoms with Crippen molar-refractivity contribution in [2.75, 3.05) is 7.11 Å². The molecule has 6 nitrogen and oxygen atoms in total. The standard InChI is InChI=1S/C20H24N2O4/c1-26-20(25)11-5-3-2-4-10-19(24)22-21-14-17-16-9-7-6-8-15(16)12-13-18(17)23/h6-9,12-14,23H,2-5,10-11H2,1H3,(H,22,24)/b21-14+. The van der Waals surface area contributed by atoms with Crippen molar-refractivity contribution < 1.29 is 19.4 Å². The van der Waals surface area contributed by atoms with Gasteiger partial charge >= 0.3 is 5.97 Å². The summed E-state index contributed by atoms with van der Waals surface area (Å²) in [5.41, 5.74) is 3.06. The highest BCUT2D eigenvalue weighted by Crippen LogP contribution is 2.25. The van der Waals surface area contributed by atoms with Crippen molar-refractivity contribution in [3.8, 4) is 5.75 Å². The zero-order valence-corrected chi connectivity index (χ0v) is 14.9. The largest absolute Gasteiger partial charge is 0.507 e. The van der Waals surface area contributed by atoms with Crippen LogP contribution in [0.3, 0.4) is 0 Å². The summed E-state index contributed by atoms with van der Waals surface area (Å²) in [6.45, 7) is 0. The quantitative estimate of drug-likeness (QED) is 0.311. The number of carbonyl (C=O) groups is 2. The zero-order valence-electron chi connectivity index (χ0n) is 14.9. The molecule has 1 amide bonds. The number of hydrogen-bond acceptors (Lipinski definition) is 5. The van der Waals surface area contributed by atoms with Crippen LogP contribution in [0.1, 0.15) is 44.1 Å². The van der Waals surface area contributed by atoms with Crippen molar-refractivity contribution in [1.82, 2.24) is 5.43 Å². The fourth-order valence-corrected chi connectivity index (χ4v) is 2.66. The van der Waals surface area contributed by atoms with Gasteiger partial charge in [0.15, 0.2) is 0 Å². The molecule has 2 aromatic carbocycles. The molecule has 26 heavy (non-hydrogen) atoms. The number of aromatic hydroxyl groups is 1. The molecule has 0 unspecified atom stereocenters. The minimum atomic E-state index is -0.200. The van der Waals surface area contributed by atoms with Gasteiger partial charge in [-0.2, -0.15) is 5.10 Å². The SMILES string of the molecule is COC(=O)CCCCCCC(=O)N/N=C/c1c(O)ccc2ccccc12. The first kappa shape index (κ1) is 19.4. The first-order chi connectivity index (χ1) is 12.6. The first-order valence-corrected chi connectivity index (χ1v) is 8.71. The number of unbranched alkanes of at least 4 members (excludes halogenated alkanes) is 3. The van der Waals surface area contributed by atoms with Crippen molar-refractivity contribution in [3.05, 3.63) is 42.0 Å². The molecule has 2 N–H and O–H groups in total. The van der Waals surface area contributed by atoms with E-state index in [1.807, 2.05) is 30.3 Å². The van der Waals surface area contributed by atoms with E-state index in [1.54, 1.807) is 6.07 Å². The predicted molar refractivity (Wildman–Crippen MR) is 101 cm³/mol. The molecule has 2 rings (SSSR count). The highest BCUT2D eigenvalue weighted by Gasteiger charge is 2.05. The molecule has 0 atom stereocenters. The summed E-state index contributed by atoms with van der Waals surface area (Å²) in [6, 6.07) is 11.1. The smallest absolute Gasteiger partial charge is 0.305 e. The average Bonchev–Trinajstić information content (AvgIpc) is 2.66. The number of benzene rings is 2. The van der Waals surface area contributed by atoms with Gasteiger partial charge in [0.05, 0.1) is 13.3 Å². The van der Waals surface area contributed by atoms with Crippen LogP contribution in [-0.2, 0) is 14.3 Å². The van der Waals surface area contributed by atoms with E-state index in [0.717, 1.165) is 36.5 Å². The van der Waals surface area contributed by atoms with Crippen molar-refractivity contribution in [3.63, 3.8) is 0 Å². The molecule has 0 radical (unpaired) electrons. The highest BCUT2D eigenvalue weighted by atomic mass is 16.5. The topological polar surface area (TPSA) is 88.0 Å². The number of nitrogens with zero attached hydrogens (tertiary/aromatic N) is 1. The van der Waals surface area contributed by atoms with Crippen LogP contribution in [0, 0.1) is 0 Å². The van der Waals surface area contributed by atoms with Crippen LogP contribution in [0.2, 0.25) is 0 Å². The third kappa shape index (κ3) is 5.88. The molecule has 0 bridgehead atoms. The van der Waals surface area contributed by atoms with Crippen LogP contribution in [0.25, 0.3) is 10.8 Å². The summed E-state index contributed by atoms with van der Waals surface area (Å²) in [5.74, 6) is -0.255. The van der Waals surface area contributed by atoms with Crippen LogP contribution in [0.5, 0.6) is 5.75 Å². The van der Waals surface area contributed by atoms with Gasteiger partial charge < -0.3 is 9.84 Å². The first-order valence-electron chi connectivity index (χ1n) is 8.71. The van der Waals surface area contributed by atoms with E-state index in [4.69, 9.17) is 0 Å². The Bertz CT molecular complexity index is 786. The number of nitrogens with one attached hydrogen (secondary N) is 1. The lowest BCUT2D eigenvalue weighted by Gasteiger charge is -2.05. The molecule has 0 aliphatic carbocycles. The summed E-state index contributed by atoms with van der Waals surface area (Å²) in [7, 11) is 1.38. The van der Waals surface area contributed by atoms with Crippen molar-refractivity contribution in [2.24, 2.45) is 5.10 Å². The molecule has 0 aliphatic rings. The lowest BCUT2D eigenvalue weighted by atomic mass is 10.0. The summed E-state index contributed by atoms with van der Waals surface area (Å²) < 4.78 is 4.57. The lowest BCUT2D eigenvalue weighted by Crippen LogP contribution is -2.16. The second-order valence-electron chi connectivity index (χ2n) is 6.00. The Hall–Kier alpha value is -2.89. The Morgan fingerprint density at radius 2 is 1.81 bits per heavy atom. The van der Waals surface area contributed by atoms with Crippen LogP contribution in [0.4, 0.5) is 0 Å². The maximum atomic E-state index is 11.8. The number of hydrazone groups is 1. The maximum absolute atomic E-state index is 11.8. The second kappa shape index (κ2) is 10.2. The van der Waals surface area contributed by atoms with Crippen molar-refractivity contribution >= 4 is 28.9 Å². The number of amides is 1. The number of ether oxygens (including phenoxy) is 1. The summed E-state index contributed by atoms with van der Waals surface area (Å²) in [6.07, 6.45) is 5.52. The minimum Gasteiger partial charge on any atom is -0.507 e. The lowest BCUT2D eigenvalue weighted by molar-refractivity contribution is -0.140. The molecule has 0 spiro atoms. The normalized spacial score (nSPS) is 11.0. The molecular weight excluding hydrogens is 332 g/mol. The van der Waals surface area contributed by atoms with Crippen LogP contribution < -0.4 is 5.43 Å². The zero-order chi connectivity index (χ0) is 18.8. The number of carbonyl (C=O) groups excluding carboxylic acids is 2. The van der Waals surface area contributed by atoms with E-state index >= 15 is 0 Å². The Morgan fingerprint density at radius 3 is 2.58 bits per heavy atom. The summed E-state index contributed by atoms with van der Waals surface area (Å²) in [4.78, 5) is 22.8. The number of rotatable bonds is 9. The monoisotopic (exact) mass is 356 g/mol. The Labute approximate surface area is 152 Å². The van der Waals surface area contributed by atoms with Gasteiger partial charge in [-0.1, -0.05) is 43.2 Å². The average molecular weight is 356 g/mol. The van der Waals surface area contributed by atoms with Gasteiger partial charge in [-0.3, -0.25) is 9.59 Å². The molecule has 0 aromatic heterocycles. The summed E-state index contributed by atoms with van der Waals surface area (Å²) >= 11 is 0. The van der Waals surface area contributed by atoms with Gasteiger partial charge in [-0.05, 0) is 29.7 Å². The fourth-order valence-electron chi connectivity index (χ4n) is 2.66. The molecule has 0 aliphatic heterocycles. The van der Waals surface area contributed by atoms with E-state index in [9.17, 15) is 14.7 Å². The number of esters is 1. The molecule has 0 heterocycles. The summed E-state index contributed by atoms with van der Waals surface area (Å²) in [5, 5.41) is 15.8. The molecule has 0 saturated carbocycles. The molecule has 138 valence electrons. The number of hydrogen-bond donors (Lipinski definition) is 2. The maximum Gasteiger partial charge on any atom is 0.305 e. The van der Waals surface area contributed by atoms with E-state index in [2.05, 4.69) is 15.3 Å². The van der Waals surface area contributed by atoms with Gasteiger partial charge in [-0.15, -0.1) is 0 Å². The highest BCUT2D eigenvalue weighted by molar-refractivity contribution is 6.02. The minimum absolute atomic E-state index is 0.118. The molecule has 0 fully saturated rings. The van der Waals surface area contributed by atoms with Gasteiger partial charge in [-0.25, -0.2) is 5.43 Å².